The van der Waals surface area contributed by atoms with Crippen LogP contribution in [0.15, 0.2) is 41.2 Å². The van der Waals surface area contributed by atoms with Gasteiger partial charge >= 0.3 is 5.69 Å². The molecule has 2 aliphatic rings. The summed E-state index contributed by atoms with van der Waals surface area (Å²) in [7, 11) is 1.70. The lowest BCUT2D eigenvalue weighted by molar-refractivity contribution is 0.0792. The number of aromatic nitrogens is 3. The summed E-state index contributed by atoms with van der Waals surface area (Å²) < 4.78 is 1.51. The van der Waals surface area contributed by atoms with Crippen molar-refractivity contribution in [2.45, 2.75) is 77.2 Å². The molecule has 9 nitrogen and oxygen atoms in total. The van der Waals surface area contributed by atoms with Gasteiger partial charge in [-0.3, -0.25) is 14.4 Å². The van der Waals surface area contributed by atoms with Crippen molar-refractivity contribution in [3.8, 4) is 0 Å². The Morgan fingerprint density at radius 3 is 2.38 bits per heavy atom. The van der Waals surface area contributed by atoms with Gasteiger partial charge in [-0.15, -0.1) is 4.98 Å². The van der Waals surface area contributed by atoms with Crippen LogP contribution in [-0.4, -0.2) is 73.8 Å². The summed E-state index contributed by atoms with van der Waals surface area (Å²) in [6.07, 6.45) is 3.45. The molecule has 2 aromatic heterocycles. The molecule has 2 fully saturated rings. The fraction of sp³-hybridized carbons (Fsp3) is 0.548. The van der Waals surface area contributed by atoms with Gasteiger partial charge in [0, 0.05) is 57.9 Å². The van der Waals surface area contributed by atoms with Crippen molar-refractivity contribution in [2.24, 2.45) is 7.05 Å². The largest absolute Gasteiger partial charge is 0.393 e. The first kappa shape index (κ1) is 28.2. The minimum Gasteiger partial charge on any atom is -0.393 e. The smallest absolute Gasteiger partial charge is 0.350 e. The molecule has 0 amide bonds. The lowest BCUT2D eigenvalue weighted by Gasteiger charge is -2.49. The Morgan fingerprint density at radius 2 is 1.73 bits per heavy atom. The predicted molar refractivity (Wildman–Crippen MR) is 159 cm³/mol. The van der Waals surface area contributed by atoms with E-state index in [9.17, 15) is 9.90 Å². The second-order valence-electron chi connectivity index (χ2n) is 11.3. The van der Waals surface area contributed by atoms with Gasteiger partial charge in [0.2, 0.25) is 5.52 Å². The van der Waals surface area contributed by atoms with E-state index in [4.69, 9.17) is 6.57 Å². The minimum absolute atomic E-state index is 0.146. The van der Waals surface area contributed by atoms with Crippen molar-refractivity contribution >= 4 is 22.7 Å². The number of hydrogen-bond donors (Lipinski definition) is 1. The van der Waals surface area contributed by atoms with E-state index in [1.54, 1.807) is 19.2 Å². The summed E-state index contributed by atoms with van der Waals surface area (Å²) in [5.74, 6) is 0.902. The highest BCUT2D eigenvalue weighted by Crippen LogP contribution is 2.34. The quantitative estimate of drug-likeness (QED) is 0.446. The van der Waals surface area contributed by atoms with E-state index in [-0.39, 0.29) is 29.9 Å². The van der Waals surface area contributed by atoms with Crippen LogP contribution in [0.2, 0.25) is 0 Å². The Kier molecular flexibility index (Phi) is 8.50. The van der Waals surface area contributed by atoms with Gasteiger partial charge in [-0.05, 0) is 55.9 Å². The van der Waals surface area contributed by atoms with Crippen molar-refractivity contribution in [3.05, 3.63) is 69.4 Å². The molecular formula is C31H41N7O2. The molecule has 2 saturated heterocycles. The maximum Gasteiger partial charge on any atom is 0.350 e. The lowest BCUT2D eigenvalue weighted by Crippen LogP contribution is -2.59. The molecule has 0 spiro atoms. The van der Waals surface area contributed by atoms with Gasteiger partial charge in [0.1, 0.15) is 0 Å². The number of hydrogen-bond acceptors (Lipinski definition) is 7. The van der Waals surface area contributed by atoms with Crippen molar-refractivity contribution in [3.63, 3.8) is 0 Å². The summed E-state index contributed by atoms with van der Waals surface area (Å²) in [5, 5.41) is 9.80. The molecule has 4 heterocycles. The molecule has 9 heteroatoms. The zero-order valence-corrected chi connectivity index (χ0v) is 24.1. The van der Waals surface area contributed by atoms with Crippen LogP contribution in [0.3, 0.4) is 0 Å². The van der Waals surface area contributed by atoms with Crippen molar-refractivity contribution in [1.29, 1.82) is 0 Å². The number of aliphatic hydroxyl groups excluding tert-OH is 1. The lowest BCUT2D eigenvalue weighted by atomic mass is 9.96. The average Bonchev–Trinajstić information content (AvgIpc) is 2.99. The van der Waals surface area contributed by atoms with E-state index >= 15 is 0 Å². The summed E-state index contributed by atoms with van der Waals surface area (Å²) in [6.45, 7) is 18.6. The predicted octanol–water partition coefficient (Wildman–Crippen LogP) is 4.28. The van der Waals surface area contributed by atoms with Gasteiger partial charge in [0.15, 0.2) is 5.82 Å². The van der Waals surface area contributed by atoms with Crippen LogP contribution in [0.1, 0.15) is 63.6 Å². The van der Waals surface area contributed by atoms with Crippen molar-refractivity contribution in [2.75, 3.05) is 31.1 Å². The highest BCUT2D eigenvalue weighted by atomic mass is 16.3. The molecule has 0 saturated carbocycles. The van der Waals surface area contributed by atoms with Crippen molar-refractivity contribution < 1.29 is 5.11 Å². The molecule has 0 aliphatic carbocycles. The molecule has 1 aromatic carbocycles. The van der Waals surface area contributed by atoms with Gasteiger partial charge in [0.25, 0.3) is 5.82 Å². The van der Waals surface area contributed by atoms with Gasteiger partial charge in [-0.2, -0.15) is 4.98 Å². The standard InChI is InChI=1S/C31H41N7O2/c1-6-24-20-38(30-29-27(35(5)31(40)34-30)12-13-28(32-4)33-29)25(7-2)19-37(24)21(3)23-10-8-22(9-11-23)18-36-16-14-26(39)15-17-36/h8-13,21,24-26,39H,6-7,14-20H2,1-3,5H3/t21?,24-,25+/m1/s1. The highest BCUT2D eigenvalue weighted by molar-refractivity contribution is 5.87. The number of rotatable bonds is 7. The zero-order valence-electron chi connectivity index (χ0n) is 24.1. The zero-order chi connectivity index (χ0) is 28.4. The maximum atomic E-state index is 12.8. The number of fused-ring (bicyclic) bond motifs is 1. The van der Waals surface area contributed by atoms with Gasteiger partial charge < -0.3 is 14.9 Å². The van der Waals surface area contributed by atoms with E-state index in [1.165, 1.54) is 15.7 Å². The van der Waals surface area contributed by atoms with Crippen LogP contribution in [0.4, 0.5) is 11.6 Å². The van der Waals surface area contributed by atoms with E-state index in [0.29, 0.717) is 22.7 Å². The summed E-state index contributed by atoms with van der Waals surface area (Å²) >= 11 is 0. The third-order valence-electron chi connectivity index (χ3n) is 8.91. The summed E-state index contributed by atoms with van der Waals surface area (Å²) in [5.41, 5.74) is 3.62. The van der Waals surface area contributed by atoms with E-state index in [1.807, 2.05) is 0 Å². The van der Waals surface area contributed by atoms with Crippen LogP contribution in [0, 0.1) is 6.57 Å². The molecule has 1 unspecified atom stereocenters. The molecule has 0 bridgehead atoms. The Hall–Kier alpha value is -3.32. The Bertz CT molecular complexity index is 1420. The molecule has 5 rings (SSSR count). The number of benzene rings is 1. The van der Waals surface area contributed by atoms with Crippen LogP contribution >= 0.6 is 0 Å². The molecule has 0 radical (unpaired) electrons. The van der Waals surface area contributed by atoms with Crippen LogP contribution in [0.5, 0.6) is 0 Å². The number of nitrogens with zero attached hydrogens (tertiary/aromatic N) is 7. The first-order chi connectivity index (χ1) is 19.3. The average molecular weight is 544 g/mol. The monoisotopic (exact) mass is 543 g/mol. The first-order valence-electron chi connectivity index (χ1n) is 14.6. The third kappa shape index (κ3) is 5.62. The first-order valence-corrected chi connectivity index (χ1v) is 14.6. The molecule has 3 atom stereocenters. The third-order valence-corrected chi connectivity index (χ3v) is 8.91. The molecular weight excluding hydrogens is 502 g/mol. The normalized spacial score (nSPS) is 21.9. The number of pyridine rings is 1. The molecule has 3 aromatic rings. The van der Waals surface area contributed by atoms with Crippen molar-refractivity contribution in [1.82, 2.24) is 24.3 Å². The topological polar surface area (TPSA) is 82.1 Å². The molecule has 2 aliphatic heterocycles. The minimum atomic E-state index is -0.306. The Morgan fingerprint density at radius 1 is 1.02 bits per heavy atom. The van der Waals surface area contributed by atoms with Crippen LogP contribution in [-0.2, 0) is 13.6 Å². The SMILES string of the molecule is [C-]#[N+]c1ccc2c(n1)c(N1C[C@@H](CC)N(C(C)c3ccc(CN4CCC(O)CC4)cc3)C[C@@H]1CC)nc(=O)n2C. The number of piperidine rings is 1. The van der Waals surface area contributed by atoms with Gasteiger partial charge in [-0.1, -0.05) is 44.7 Å². The van der Waals surface area contributed by atoms with E-state index < -0.39 is 0 Å². The Labute approximate surface area is 236 Å². The molecule has 212 valence electrons. The van der Waals surface area contributed by atoms with E-state index in [2.05, 4.69) is 74.5 Å². The molecule has 40 heavy (non-hydrogen) atoms. The fourth-order valence-electron chi connectivity index (χ4n) is 6.31. The van der Waals surface area contributed by atoms with Crippen LogP contribution < -0.4 is 10.6 Å². The van der Waals surface area contributed by atoms with Gasteiger partial charge in [0.05, 0.1) is 11.6 Å². The number of aryl methyl sites for hydroxylation is 1. The fourth-order valence-corrected chi connectivity index (χ4v) is 6.31. The van der Waals surface area contributed by atoms with E-state index in [0.717, 1.165) is 58.4 Å². The number of piperazine rings is 1. The number of anilines is 1. The van der Waals surface area contributed by atoms with Crippen LogP contribution in [0.25, 0.3) is 15.9 Å². The maximum absolute atomic E-state index is 12.8. The summed E-state index contributed by atoms with van der Waals surface area (Å²) in [4.78, 5) is 32.7. The van der Waals surface area contributed by atoms with Gasteiger partial charge in [-0.25, -0.2) is 4.79 Å². The molecule has 1 N–H and O–H groups in total. The second kappa shape index (κ2) is 12.0. The Balaban J connectivity index is 1.38. The second-order valence-corrected chi connectivity index (χ2v) is 11.3. The highest BCUT2D eigenvalue weighted by Gasteiger charge is 2.37. The number of aliphatic hydroxyl groups is 1. The summed E-state index contributed by atoms with van der Waals surface area (Å²) in [6, 6.07) is 13.2. The number of likely N-dealkylation sites (tertiary alicyclic amines) is 1.